The maximum atomic E-state index is 13.0. The van der Waals surface area contributed by atoms with Gasteiger partial charge in [0, 0.05) is 24.8 Å². The number of carbonyl (C=O) groups excluding carboxylic acids is 2. The monoisotopic (exact) mass is 478 g/mol. The Morgan fingerprint density at radius 3 is 2.39 bits per heavy atom. The summed E-state index contributed by atoms with van der Waals surface area (Å²) in [4.78, 5) is 24.4. The van der Waals surface area contributed by atoms with Crippen LogP contribution >= 0.6 is 0 Å². The van der Waals surface area contributed by atoms with Crippen molar-refractivity contribution < 1.29 is 36.6 Å². The van der Waals surface area contributed by atoms with Crippen molar-refractivity contribution in [3.8, 4) is 11.5 Å². The number of benzene rings is 2. The van der Waals surface area contributed by atoms with Crippen LogP contribution in [-0.2, 0) is 24.3 Å². The third-order valence-corrected chi connectivity index (χ3v) is 7.31. The lowest BCUT2D eigenvalue weighted by atomic mass is 9.98. The molecule has 0 bridgehead atoms. The largest absolute Gasteiger partial charge is 0.486 e. The Bertz CT molecular complexity index is 1130. The van der Waals surface area contributed by atoms with Gasteiger partial charge in [0.25, 0.3) is 5.91 Å². The van der Waals surface area contributed by atoms with Crippen molar-refractivity contribution in [1.29, 1.82) is 0 Å². The molecule has 2 aromatic carbocycles. The summed E-state index contributed by atoms with van der Waals surface area (Å²) in [5.74, 6) is -1.14. The molecule has 0 unspecified atom stereocenters. The molecular formula is C22H23FN2O7S. The van der Waals surface area contributed by atoms with Gasteiger partial charge >= 0.3 is 5.97 Å². The van der Waals surface area contributed by atoms with Crippen LogP contribution in [0.3, 0.4) is 0 Å². The number of hydrogen-bond acceptors (Lipinski definition) is 7. The molecule has 9 nitrogen and oxygen atoms in total. The Hall–Kier alpha value is -3.18. The zero-order valence-electron chi connectivity index (χ0n) is 17.7. The van der Waals surface area contributed by atoms with E-state index in [0.29, 0.717) is 30.4 Å². The number of esters is 1. The van der Waals surface area contributed by atoms with Crippen LogP contribution in [0.2, 0.25) is 0 Å². The quantitative estimate of drug-likeness (QED) is 0.634. The summed E-state index contributed by atoms with van der Waals surface area (Å²) in [6, 6.07) is 9.69. The van der Waals surface area contributed by atoms with Crippen LogP contribution in [-0.4, -0.2) is 57.5 Å². The molecule has 0 spiro atoms. The van der Waals surface area contributed by atoms with Crippen molar-refractivity contribution in [2.45, 2.75) is 17.7 Å². The highest BCUT2D eigenvalue weighted by molar-refractivity contribution is 7.89. The van der Waals surface area contributed by atoms with E-state index in [1.165, 1.54) is 40.7 Å². The first-order chi connectivity index (χ1) is 15.8. The van der Waals surface area contributed by atoms with Gasteiger partial charge in [0.2, 0.25) is 10.0 Å². The highest BCUT2D eigenvalue weighted by atomic mass is 32.2. The number of piperidine rings is 1. The Morgan fingerprint density at radius 1 is 1.03 bits per heavy atom. The molecule has 1 saturated heterocycles. The second kappa shape index (κ2) is 9.75. The molecule has 2 aliphatic heterocycles. The van der Waals surface area contributed by atoms with Crippen molar-refractivity contribution in [2.75, 3.05) is 38.2 Å². The molecule has 2 aliphatic rings. The number of sulfonamides is 1. The van der Waals surface area contributed by atoms with Gasteiger partial charge < -0.3 is 19.5 Å². The van der Waals surface area contributed by atoms with Crippen LogP contribution in [0.5, 0.6) is 11.5 Å². The summed E-state index contributed by atoms with van der Waals surface area (Å²) in [5.41, 5.74) is 0.384. The average molecular weight is 478 g/mol. The van der Waals surface area contributed by atoms with E-state index in [1.54, 1.807) is 6.07 Å². The first kappa shape index (κ1) is 23.0. The van der Waals surface area contributed by atoms with Gasteiger partial charge in [-0.2, -0.15) is 4.31 Å². The Kier molecular flexibility index (Phi) is 6.80. The Morgan fingerprint density at radius 2 is 1.70 bits per heavy atom. The number of hydrogen-bond donors (Lipinski definition) is 1. The zero-order chi connectivity index (χ0) is 23.4. The van der Waals surface area contributed by atoms with Gasteiger partial charge in [-0.3, -0.25) is 9.59 Å². The first-order valence-corrected chi connectivity index (χ1v) is 11.9. The predicted molar refractivity (Wildman–Crippen MR) is 115 cm³/mol. The first-order valence-electron chi connectivity index (χ1n) is 10.4. The summed E-state index contributed by atoms with van der Waals surface area (Å²) < 4.78 is 56.2. The molecule has 0 radical (unpaired) electrons. The molecule has 0 aromatic heterocycles. The van der Waals surface area contributed by atoms with Crippen LogP contribution in [0.4, 0.5) is 10.1 Å². The molecule has 11 heteroatoms. The highest BCUT2D eigenvalue weighted by Crippen LogP contribution is 2.34. The van der Waals surface area contributed by atoms with Crippen LogP contribution in [0.1, 0.15) is 12.8 Å². The normalized spacial score (nSPS) is 16.8. The van der Waals surface area contributed by atoms with Crippen LogP contribution in [0.15, 0.2) is 47.4 Å². The third kappa shape index (κ3) is 5.42. The summed E-state index contributed by atoms with van der Waals surface area (Å²) in [5, 5.41) is 2.50. The van der Waals surface area contributed by atoms with Crippen molar-refractivity contribution in [3.05, 3.63) is 48.3 Å². The summed E-state index contributed by atoms with van der Waals surface area (Å²) >= 11 is 0. The summed E-state index contributed by atoms with van der Waals surface area (Å²) in [6.45, 7) is 0.588. The van der Waals surface area contributed by atoms with Crippen LogP contribution in [0.25, 0.3) is 0 Å². The van der Waals surface area contributed by atoms with Crippen LogP contribution < -0.4 is 14.8 Å². The molecule has 1 fully saturated rings. The number of carbonyl (C=O) groups is 2. The minimum Gasteiger partial charge on any atom is -0.486 e. The van der Waals surface area contributed by atoms with Gasteiger partial charge in [0.1, 0.15) is 19.0 Å². The smallest absolute Gasteiger partial charge is 0.309 e. The molecule has 1 amide bonds. The van der Waals surface area contributed by atoms with Gasteiger partial charge in [-0.15, -0.1) is 0 Å². The van der Waals surface area contributed by atoms with E-state index in [4.69, 9.17) is 14.2 Å². The molecule has 2 heterocycles. The Balaban J connectivity index is 1.27. The van der Waals surface area contributed by atoms with E-state index >= 15 is 0 Å². The van der Waals surface area contributed by atoms with E-state index in [2.05, 4.69) is 5.32 Å². The number of halogens is 1. The molecule has 4 rings (SSSR count). The lowest BCUT2D eigenvalue weighted by Gasteiger charge is -2.30. The molecule has 2 aromatic rings. The lowest BCUT2D eigenvalue weighted by Crippen LogP contribution is -2.41. The minimum absolute atomic E-state index is 0.102. The predicted octanol–water partition coefficient (Wildman–Crippen LogP) is 2.18. The van der Waals surface area contributed by atoms with Gasteiger partial charge in [-0.1, -0.05) is 0 Å². The fourth-order valence-electron chi connectivity index (χ4n) is 3.65. The third-order valence-electron chi connectivity index (χ3n) is 5.41. The number of amides is 1. The number of fused-ring (bicyclic) bond motifs is 1. The highest BCUT2D eigenvalue weighted by Gasteiger charge is 2.33. The zero-order valence-corrected chi connectivity index (χ0v) is 18.5. The molecule has 0 saturated carbocycles. The Labute approximate surface area is 190 Å². The van der Waals surface area contributed by atoms with Crippen molar-refractivity contribution in [1.82, 2.24) is 4.31 Å². The average Bonchev–Trinajstić information content (AvgIpc) is 2.83. The van der Waals surface area contributed by atoms with E-state index in [-0.39, 0.29) is 30.8 Å². The molecule has 0 atom stereocenters. The topological polar surface area (TPSA) is 111 Å². The molecular weight excluding hydrogens is 455 g/mol. The van der Waals surface area contributed by atoms with E-state index in [9.17, 15) is 22.4 Å². The maximum Gasteiger partial charge on any atom is 0.309 e. The number of anilines is 1. The number of nitrogens with zero attached hydrogens (tertiary/aromatic N) is 1. The lowest BCUT2D eigenvalue weighted by molar-refractivity contribution is -0.152. The van der Waals surface area contributed by atoms with E-state index < -0.39 is 40.2 Å². The van der Waals surface area contributed by atoms with Crippen LogP contribution in [0, 0.1) is 11.7 Å². The second-order valence-electron chi connectivity index (χ2n) is 7.65. The summed E-state index contributed by atoms with van der Waals surface area (Å²) in [7, 11) is -3.75. The number of ether oxygens (including phenoxy) is 3. The second-order valence-corrected chi connectivity index (χ2v) is 9.58. The van der Waals surface area contributed by atoms with Crippen molar-refractivity contribution >= 4 is 27.6 Å². The van der Waals surface area contributed by atoms with Crippen molar-refractivity contribution in [3.63, 3.8) is 0 Å². The minimum atomic E-state index is -3.75. The standard InChI is InChI=1S/C22H23FN2O7S/c23-16-1-3-17(4-2-16)24-21(26)14-32-22(27)15-7-9-25(10-8-15)33(28,29)18-5-6-19-20(13-18)31-12-11-30-19/h1-6,13,15H,7-12,14H2,(H,24,26). The maximum absolute atomic E-state index is 13.0. The molecule has 1 N–H and O–H groups in total. The number of nitrogens with one attached hydrogen (secondary N) is 1. The fraction of sp³-hybridized carbons (Fsp3) is 0.364. The van der Waals surface area contributed by atoms with Gasteiger partial charge in [0.15, 0.2) is 18.1 Å². The van der Waals surface area contributed by atoms with E-state index in [0.717, 1.165) is 0 Å². The van der Waals surface area contributed by atoms with Gasteiger partial charge in [0.05, 0.1) is 10.8 Å². The van der Waals surface area contributed by atoms with Gasteiger partial charge in [-0.05, 0) is 49.2 Å². The molecule has 176 valence electrons. The van der Waals surface area contributed by atoms with Crippen molar-refractivity contribution in [2.24, 2.45) is 5.92 Å². The molecule has 0 aliphatic carbocycles. The number of rotatable bonds is 6. The molecule has 33 heavy (non-hydrogen) atoms. The fourth-order valence-corrected chi connectivity index (χ4v) is 5.14. The summed E-state index contributed by atoms with van der Waals surface area (Å²) in [6.07, 6.45) is 0.560. The SMILES string of the molecule is O=C(COC(=O)C1CCN(S(=O)(=O)c2ccc3c(c2)OCCO3)CC1)Nc1ccc(F)cc1. The van der Waals surface area contributed by atoms with Gasteiger partial charge in [-0.25, -0.2) is 12.8 Å². The van der Waals surface area contributed by atoms with E-state index in [1.807, 2.05) is 0 Å².